The third-order valence-corrected chi connectivity index (χ3v) is 2.84. The SMILES string of the molecule is CC(=O)NC(C)CCCC(=O)N1CCOCC1. The minimum Gasteiger partial charge on any atom is -0.378 e. The van der Waals surface area contributed by atoms with E-state index in [1.165, 1.54) is 6.92 Å². The number of amides is 2. The predicted molar refractivity (Wildman–Crippen MR) is 64.5 cm³/mol. The molecule has 1 fully saturated rings. The summed E-state index contributed by atoms with van der Waals surface area (Å²) in [5.41, 5.74) is 0. The molecule has 0 aromatic heterocycles. The highest BCUT2D eigenvalue weighted by atomic mass is 16.5. The highest BCUT2D eigenvalue weighted by molar-refractivity contribution is 5.76. The van der Waals surface area contributed by atoms with Crippen LogP contribution in [0.1, 0.15) is 33.1 Å². The zero-order valence-electron chi connectivity index (χ0n) is 10.7. The summed E-state index contributed by atoms with van der Waals surface area (Å²) < 4.78 is 5.19. The van der Waals surface area contributed by atoms with Crippen LogP contribution in [0.4, 0.5) is 0 Å². The summed E-state index contributed by atoms with van der Waals surface area (Å²) in [7, 11) is 0. The average Bonchev–Trinajstić information content (AvgIpc) is 2.29. The number of hydrogen-bond acceptors (Lipinski definition) is 3. The van der Waals surface area contributed by atoms with Crippen LogP contribution in [0.3, 0.4) is 0 Å². The molecule has 5 nitrogen and oxygen atoms in total. The minimum absolute atomic E-state index is 0.0167. The van der Waals surface area contributed by atoms with E-state index < -0.39 is 0 Å². The van der Waals surface area contributed by atoms with Gasteiger partial charge in [-0.1, -0.05) is 0 Å². The Hall–Kier alpha value is -1.10. The Kier molecular flexibility index (Phi) is 5.97. The first kappa shape index (κ1) is 14.0. The first-order chi connectivity index (χ1) is 8.09. The van der Waals surface area contributed by atoms with Crippen LogP contribution < -0.4 is 5.32 Å². The molecule has 0 aromatic rings. The number of hydrogen-bond donors (Lipinski definition) is 1. The van der Waals surface area contributed by atoms with E-state index in [0.29, 0.717) is 32.7 Å². The van der Waals surface area contributed by atoms with Gasteiger partial charge in [-0.2, -0.15) is 0 Å². The molecule has 0 radical (unpaired) electrons. The summed E-state index contributed by atoms with van der Waals surface area (Å²) in [6.45, 7) is 6.18. The van der Waals surface area contributed by atoms with Crippen molar-refractivity contribution in [2.24, 2.45) is 0 Å². The standard InChI is InChI=1S/C12H22N2O3/c1-10(13-11(2)15)4-3-5-12(16)14-6-8-17-9-7-14/h10H,3-9H2,1-2H3,(H,13,15). The van der Waals surface area contributed by atoms with Crippen molar-refractivity contribution in [3.8, 4) is 0 Å². The quantitative estimate of drug-likeness (QED) is 0.765. The predicted octanol–water partition coefficient (Wildman–Crippen LogP) is 0.540. The van der Waals surface area contributed by atoms with E-state index in [-0.39, 0.29) is 17.9 Å². The Labute approximate surface area is 102 Å². The monoisotopic (exact) mass is 242 g/mol. The van der Waals surface area contributed by atoms with Gasteiger partial charge in [-0.3, -0.25) is 9.59 Å². The van der Waals surface area contributed by atoms with Gasteiger partial charge in [0.25, 0.3) is 0 Å². The van der Waals surface area contributed by atoms with Crippen LogP contribution in [0.25, 0.3) is 0 Å². The van der Waals surface area contributed by atoms with Crippen molar-refractivity contribution in [2.75, 3.05) is 26.3 Å². The molecule has 0 aliphatic carbocycles. The van der Waals surface area contributed by atoms with E-state index >= 15 is 0 Å². The van der Waals surface area contributed by atoms with E-state index in [4.69, 9.17) is 4.74 Å². The first-order valence-electron chi connectivity index (χ1n) is 6.22. The Morgan fingerprint density at radius 3 is 2.59 bits per heavy atom. The second-order valence-electron chi connectivity index (χ2n) is 4.49. The van der Waals surface area contributed by atoms with Crippen molar-refractivity contribution in [1.29, 1.82) is 0 Å². The largest absolute Gasteiger partial charge is 0.378 e. The van der Waals surface area contributed by atoms with Crippen LogP contribution in [-0.2, 0) is 14.3 Å². The Bertz CT molecular complexity index is 262. The van der Waals surface area contributed by atoms with Gasteiger partial charge < -0.3 is 15.0 Å². The topological polar surface area (TPSA) is 58.6 Å². The fourth-order valence-electron chi connectivity index (χ4n) is 1.95. The molecule has 1 aliphatic rings. The second-order valence-corrected chi connectivity index (χ2v) is 4.49. The van der Waals surface area contributed by atoms with Gasteiger partial charge in [0.2, 0.25) is 11.8 Å². The maximum absolute atomic E-state index is 11.8. The lowest BCUT2D eigenvalue weighted by molar-refractivity contribution is -0.135. The van der Waals surface area contributed by atoms with Gasteiger partial charge in [0.05, 0.1) is 13.2 Å². The fraction of sp³-hybridized carbons (Fsp3) is 0.833. The molecular formula is C12H22N2O3. The highest BCUT2D eigenvalue weighted by Gasteiger charge is 2.16. The zero-order chi connectivity index (χ0) is 12.7. The van der Waals surface area contributed by atoms with Crippen molar-refractivity contribution in [2.45, 2.75) is 39.2 Å². The summed E-state index contributed by atoms with van der Waals surface area (Å²) in [5.74, 6) is 0.181. The van der Waals surface area contributed by atoms with Crippen molar-refractivity contribution in [3.05, 3.63) is 0 Å². The summed E-state index contributed by atoms with van der Waals surface area (Å²) in [4.78, 5) is 24.4. The molecule has 0 bridgehead atoms. The molecule has 98 valence electrons. The van der Waals surface area contributed by atoms with Gasteiger partial charge in [-0.25, -0.2) is 0 Å². The molecular weight excluding hydrogens is 220 g/mol. The lowest BCUT2D eigenvalue weighted by Crippen LogP contribution is -2.40. The Morgan fingerprint density at radius 2 is 2.00 bits per heavy atom. The number of nitrogens with one attached hydrogen (secondary N) is 1. The summed E-state index contributed by atoms with van der Waals surface area (Å²) in [6, 6.07) is 0.144. The van der Waals surface area contributed by atoms with E-state index in [9.17, 15) is 9.59 Å². The molecule has 0 saturated carbocycles. The number of morpholine rings is 1. The van der Waals surface area contributed by atoms with E-state index in [2.05, 4.69) is 5.32 Å². The van der Waals surface area contributed by atoms with Crippen molar-refractivity contribution < 1.29 is 14.3 Å². The molecule has 1 aliphatic heterocycles. The zero-order valence-corrected chi connectivity index (χ0v) is 10.7. The van der Waals surface area contributed by atoms with E-state index in [0.717, 1.165) is 12.8 Å². The van der Waals surface area contributed by atoms with Gasteiger partial charge in [0.15, 0.2) is 0 Å². The number of rotatable bonds is 5. The minimum atomic E-state index is -0.0167. The van der Waals surface area contributed by atoms with Gasteiger partial charge in [-0.05, 0) is 19.8 Å². The molecule has 0 spiro atoms. The summed E-state index contributed by atoms with van der Waals surface area (Å²) in [5, 5.41) is 2.81. The maximum Gasteiger partial charge on any atom is 0.222 e. The van der Waals surface area contributed by atoms with E-state index in [1.54, 1.807) is 0 Å². The van der Waals surface area contributed by atoms with Crippen molar-refractivity contribution in [1.82, 2.24) is 10.2 Å². The smallest absolute Gasteiger partial charge is 0.222 e. The van der Waals surface area contributed by atoms with Gasteiger partial charge in [0.1, 0.15) is 0 Å². The highest BCUT2D eigenvalue weighted by Crippen LogP contribution is 2.06. The maximum atomic E-state index is 11.8. The molecule has 5 heteroatoms. The van der Waals surface area contributed by atoms with Crippen LogP contribution in [-0.4, -0.2) is 49.1 Å². The van der Waals surface area contributed by atoms with Crippen LogP contribution in [0, 0.1) is 0 Å². The molecule has 1 unspecified atom stereocenters. The van der Waals surface area contributed by atoms with Crippen molar-refractivity contribution in [3.63, 3.8) is 0 Å². The molecule has 1 rings (SSSR count). The molecule has 1 saturated heterocycles. The number of nitrogens with zero attached hydrogens (tertiary/aromatic N) is 1. The van der Waals surface area contributed by atoms with Crippen LogP contribution in [0.15, 0.2) is 0 Å². The number of carbonyl (C=O) groups is 2. The second kappa shape index (κ2) is 7.27. The lowest BCUT2D eigenvalue weighted by atomic mass is 10.1. The third-order valence-electron chi connectivity index (χ3n) is 2.84. The molecule has 1 atom stereocenters. The van der Waals surface area contributed by atoms with Crippen LogP contribution in [0.2, 0.25) is 0 Å². The van der Waals surface area contributed by atoms with Crippen LogP contribution >= 0.6 is 0 Å². The number of ether oxygens (including phenoxy) is 1. The van der Waals surface area contributed by atoms with Gasteiger partial charge in [0, 0.05) is 32.5 Å². The fourth-order valence-corrected chi connectivity index (χ4v) is 1.95. The molecule has 2 amide bonds. The average molecular weight is 242 g/mol. The molecule has 1 N–H and O–H groups in total. The van der Waals surface area contributed by atoms with Crippen molar-refractivity contribution >= 4 is 11.8 Å². The third kappa shape index (κ3) is 5.68. The Morgan fingerprint density at radius 1 is 1.35 bits per heavy atom. The lowest BCUT2D eigenvalue weighted by Gasteiger charge is -2.27. The molecule has 17 heavy (non-hydrogen) atoms. The van der Waals surface area contributed by atoms with Crippen LogP contribution in [0.5, 0.6) is 0 Å². The van der Waals surface area contributed by atoms with Gasteiger partial charge >= 0.3 is 0 Å². The first-order valence-corrected chi connectivity index (χ1v) is 6.22. The Balaban J connectivity index is 2.12. The summed E-state index contributed by atoms with van der Waals surface area (Å²) >= 11 is 0. The number of carbonyl (C=O) groups excluding carboxylic acids is 2. The molecule has 0 aromatic carbocycles. The molecule has 1 heterocycles. The summed E-state index contributed by atoms with van der Waals surface area (Å²) in [6.07, 6.45) is 2.22. The van der Waals surface area contributed by atoms with Gasteiger partial charge in [-0.15, -0.1) is 0 Å². The normalized spacial score (nSPS) is 17.6. The van der Waals surface area contributed by atoms with E-state index in [1.807, 2.05) is 11.8 Å².